The van der Waals surface area contributed by atoms with Gasteiger partial charge >= 0.3 is 0 Å². The van der Waals surface area contributed by atoms with E-state index in [1.807, 2.05) is 42.5 Å². The van der Waals surface area contributed by atoms with E-state index < -0.39 is 16.1 Å². The molecule has 2 N–H and O–H groups in total. The summed E-state index contributed by atoms with van der Waals surface area (Å²) in [4.78, 5) is 0.324. The summed E-state index contributed by atoms with van der Waals surface area (Å²) in [7, 11) is -3.75. The molecule has 122 valence electrons. The Morgan fingerprint density at radius 1 is 1.12 bits per heavy atom. The second-order valence-corrected chi connectivity index (χ2v) is 8.24. The predicted octanol–water partition coefficient (Wildman–Crippen LogP) is 2.78. The fourth-order valence-electron chi connectivity index (χ4n) is 2.44. The summed E-state index contributed by atoms with van der Waals surface area (Å²) < 4.78 is 26.9. The van der Waals surface area contributed by atoms with Crippen LogP contribution in [0.1, 0.15) is 16.5 Å². The van der Waals surface area contributed by atoms with Crippen LogP contribution in [0.15, 0.2) is 58.8 Å². The second-order valence-electron chi connectivity index (χ2n) is 5.17. The number of thiophene rings is 1. The molecule has 24 heavy (non-hydrogen) atoms. The van der Waals surface area contributed by atoms with Crippen molar-refractivity contribution in [3.8, 4) is 6.07 Å². The van der Waals surface area contributed by atoms with E-state index in [0.29, 0.717) is 10.4 Å². The van der Waals surface area contributed by atoms with Gasteiger partial charge < -0.3 is 5.11 Å². The first-order chi connectivity index (χ1) is 11.5. The van der Waals surface area contributed by atoms with Gasteiger partial charge in [0.2, 0.25) is 10.0 Å². The van der Waals surface area contributed by atoms with Gasteiger partial charge in [0.15, 0.2) is 0 Å². The summed E-state index contributed by atoms with van der Waals surface area (Å²) in [5.41, 5.74) is 0.666. The number of aliphatic hydroxyl groups is 1. The Morgan fingerprint density at radius 3 is 2.62 bits per heavy atom. The number of nitrogens with zero attached hydrogens (tertiary/aromatic N) is 1. The van der Waals surface area contributed by atoms with Crippen LogP contribution in [0.2, 0.25) is 0 Å². The van der Waals surface area contributed by atoms with Crippen LogP contribution in [-0.4, -0.2) is 20.1 Å². The van der Waals surface area contributed by atoms with Gasteiger partial charge in [-0.1, -0.05) is 42.5 Å². The molecule has 0 aliphatic rings. The van der Waals surface area contributed by atoms with Gasteiger partial charge in [0.05, 0.1) is 6.10 Å². The molecule has 0 fully saturated rings. The fourth-order valence-corrected chi connectivity index (χ4v) is 4.62. The number of hydrogen-bond donors (Lipinski definition) is 2. The van der Waals surface area contributed by atoms with E-state index in [1.54, 1.807) is 6.07 Å². The molecule has 1 atom stereocenters. The molecule has 1 unspecified atom stereocenters. The van der Waals surface area contributed by atoms with E-state index in [2.05, 4.69) is 4.72 Å². The number of hydrogen-bond acceptors (Lipinski definition) is 5. The SMILES string of the molecule is N#Cc1ccc(S(=O)(=O)NCC(O)c2cccc3ccccc23)s1. The summed E-state index contributed by atoms with van der Waals surface area (Å²) in [5, 5.41) is 21.1. The molecule has 0 amide bonds. The van der Waals surface area contributed by atoms with Crippen LogP contribution in [0, 0.1) is 11.3 Å². The zero-order chi connectivity index (χ0) is 17.2. The van der Waals surface area contributed by atoms with Gasteiger partial charge in [-0.2, -0.15) is 5.26 Å². The van der Waals surface area contributed by atoms with Crippen LogP contribution in [0.4, 0.5) is 0 Å². The molecule has 3 aromatic rings. The minimum Gasteiger partial charge on any atom is -0.387 e. The van der Waals surface area contributed by atoms with E-state index in [-0.39, 0.29) is 10.8 Å². The van der Waals surface area contributed by atoms with Crippen molar-refractivity contribution in [3.05, 3.63) is 65.0 Å². The van der Waals surface area contributed by atoms with Gasteiger partial charge in [0.1, 0.15) is 15.2 Å². The lowest BCUT2D eigenvalue weighted by Gasteiger charge is -2.14. The fraction of sp³-hybridized carbons (Fsp3) is 0.118. The highest BCUT2D eigenvalue weighted by Gasteiger charge is 2.19. The van der Waals surface area contributed by atoms with Crippen molar-refractivity contribution in [1.82, 2.24) is 4.72 Å². The Bertz CT molecular complexity index is 1010. The zero-order valence-electron chi connectivity index (χ0n) is 12.5. The minimum atomic E-state index is -3.75. The van der Waals surface area contributed by atoms with Crippen molar-refractivity contribution in [2.45, 2.75) is 10.3 Å². The molecule has 0 spiro atoms. The zero-order valence-corrected chi connectivity index (χ0v) is 14.1. The summed E-state index contributed by atoms with van der Waals surface area (Å²) in [6, 6.07) is 17.9. The van der Waals surface area contributed by atoms with E-state index >= 15 is 0 Å². The maximum Gasteiger partial charge on any atom is 0.250 e. The summed E-state index contributed by atoms with van der Waals surface area (Å²) in [6.45, 7) is -0.143. The minimum absolute atomic E-state index is 0.0594. The number of rotatable bonds is 5. The van der Waals surface area contributed by atoms with Gasteiger partial charge in [0.25, 0.3) is 0 Å². The molecular weight excluding hydrogens is 344 g/mol. The molecule has 0 aliphatic heterocycles. The predicted molar refractivity (Wildman–Crippen MR) is 93.1 cm³/mol. The van der Waals surface area contributed by atoms with Gasteiger partial charge in [-0.05, 0) is 28.5 Å². The lowest BCUT2D eigenvalue weighted by molar-refractivity contribution is 0.183. The molecule has 1 heterocycles. The first-order valence-electron chi connectivity index (χ1n) is 7.16. The van der Waals surface area contributed by atoms with Crippen LogP contribution in [-0.2, 0) is 10.0 Å². The van der Waals surface area contributed by atoms with Crippen molar-refractivity contribution in [1.29, 1.82) is 5.26 Å². The van der Waals surface area contributed by atoms with Gasteiger partial charge in [0, 0.05) is 6.54 Å². The largest absolute Gasteiger partial charge is 0.387 e. The average molecular weight is 358 g/mol. The number of fused-ring (bicyclic) bond motifs is 1. The van der Waals surface area contributed by atoms with E-state index in [0.717, 1.165) is 22.1 Å². The Kier molecular flexibility index (Phi) is 4.64. The molecule has 1 aromatic heterocycles. The number of nitrogens with one attached hydrogen (secondary N) is 1. The average Bonchev–Trinajstić information content (AvgIpc) is 3.09. The van der Waals surface area contributed by atoms with E-state index in [1.165, 1.54) is 12.1 Å². The third-order valence-corrected chi connectivity index (χ3v) is 6.51. The lowest BCUT2D eigenvalue weighted by Crippen LogP contribution is -2.28. The molecule has 0 saturated heterocycles. The lowest BCUT2D eigenvalue weighted by atomic mass is 10.0. The molecule has 0 saturated carbocycles. The normalized spacial score (nSPS) is 12.8. The highest BCUT2D eigenvalue weighted by Crippen LogP contribution is 2.25. The number of aliphatic hydroxyl groups excluding tert-OH is 1. The topological polar surface area (TPSA) is 90.2 Å². The molecule has 2 aromatic carbocycles. The smallest absolute Gasteiger partial charge is 0.250 e. The molecule has 7 heteroatoms. The van der Waals surface area contributed by atoms with Crippen molar-refractivity contribution < 1.29 is 13.5 Å². The maximum atomic E-state index is 12.2. The van der Waals surface area contributed by atoms with Crippen molar-refractivity contribution in [2.75, 3.05) is 6.54 Å². The summed E-state index contributed by atoms with van der Waals surface area (Å²) in [5.74, 6) is 0. The first-order valence-corrected chi connectivity index (χ1v) is 9.46. The van der Waals surface area contributed by atoms with Crippen LogP contribution < -0.4 is 4.72 Å². The number of benzene rings is 2. The van der Waals surface area contributed by atoms with Crippen molar-refractivity contribution in [2.24, 2.45) is 0 Å². The molecule has 0 bridgehead atoms. The first kappa shape index (κ1) is 16.6. The molecule has 0 aliphatic carbocycles. The Balaban J connectivity index is 1.79. The number of sulfonamides is 1. The molecular formula is C17H14N2O3S2. The summed E-state index contributed by atoms with van der Waals surface area (Å²) >= 11 is 0.897. The molecule has 5 nitrogen and oxygen atoms in total. The molecule has 3 rings (SSSR count). The van der Waals surface area contributed by atoms with Crippen LogP contribution in [0.25, 0.3) is 10.8 Å². The standard InChI is InChI=1S/C17H14N2O3S2/c18-10-13-8-9-17(23-13)24(21,22)19-11-16(20)15-7-3-5-12-4-1-2-6-14(12)15/h1-9,16,19-20H,11H2. The van der Waals surface area contributed by atoms with Gasteiger partial charge in [-0.3, -0.25) is 0 Å². The third-order valence-electron chi connectivity index (χ3n) is 3.61. The van der Waals surface area contributed by atoms with Crippen molar-refractivity contribution >= 4 is 32.1 Å². The Hall–Kier alpha value is -2.24. The van der Waals surface area contributed by atoms with Crippen LogP contribution >= 0.6 is 11.3 Å². The summed E-state index contributed by atoms with van der Waals surface area (Å²) in [6.07, 6.45) is -0.971. The quantitative estimate of drug-likeness (QED) is 0.734. The number of nitriles is 1. The van der Waals surface area contributed by atoms with Crippen LogP contribution in [0.5, 0.6) is 0 Å². The monoisotopic (exact) mass is 358 g/mol. The van der Waals surface area contributed by atoms with Gasteiger partial charge in [-0.25, -0.2) is 13.1 Å². The highest BCUT2D eigenvalue weighted by molar-refractivity contribution is 7.91. The Labute approximate surface area is 143 Å². The molecule has 0 radical (unpaired) electrons. The maximum absolute atomic E-state index is 12.2. The third kappa shape index (κ3) is 3.32. The Morgan fingerprint density at radius 2 is 1.88 bits per heavy atom. The second kappa shape index (κ2) is 6.71. The van der Waals surface area contributed by atoms with E-state index in [9.17, 15) is 13.5 Å². The highest BCUT2D eigenvalue weighted by atomic mass is 32.2. The van der Waals surface area contributed by atoms with Gasteiger partial charge in [-0.15, -0.1) is 11.3 Å². The van der Waals surface area contributed by atoms with Crippen LogP contribution in [0.3, 0.4) is 0 Å². The van der Waals surface area contributed by atoms with Crippen molar-refractivity contribution in [3.63, 3.8) is 0 Å². The van der Waals surface area contributed by atoms with E-state index in [4.69, 9.17) is 5.26 Å².